The third kappa shape index (κ3) is 4.00. The fourth-order valence-corrected chi connectivity index (χ4v) is 3.34. The van der Waals surface area contributed by atoms with Crippen molar-refractivity contribution in [2.24, 2.45) is 5.92 Å². The maximum Gasteiger partial charge on any atom is 0.408 e. The number of amides is 1. The van der Waals surface area contributed by atoms with Gasteiger partial charge in [-0.2, -0.15) is 0 Å². The summed E-state index contributed by atoms with van der Waals surface area (Å²) in [6, 6.07) is -0.678. The molecule has 1 saturated heterocycles. The van der Waals surface area contributed by atoms with E-state index in [2.05, 4.69) is 5.32 Å². The van der Waals surface area contributed by atoms with E-state index in [1.165, 1.54) is 7.11 Å². The van der Waals surface area contributed by atoms with Crippen molar-refractivity contribution < 1.29 is 23.9 Å². The van der Waals surface area contributed by atoms with Gasteiger partial charge in [0.1, 0.15) is 11.6 Å². The number of hydrogen-bond donors (Lipinski definition) is 1. The fraction of sp³-hybridized carbons (Fsp3) is 0.882. The molecule has 0 aromatic carbocycles. The van der Waals surface area contributed by atoms with Gasteiger partial charge in [-0.15, -0.1) is 5.06 Å². The Morgan fingerprint density at radius 3 is 2.50 bits per heavy atom. The molecule has 1 amide bonds. The molecule has 1 unspecified atom stereocenters. The van der Waals surface area contributed by atoms with Gasteiger partial charge in [0.2, 0.25) is 0 Å². The zero-order chi connectivity index (χ0) is 18.1. The maximum absolute atomic E-state index is 12.1. The number of hydroxylamine groups is 2. The van der Waals surface area contributed by atoms with Crippen LogP contribution in [0.1, 0.15) is 60.3 Å². The Balaban J connectivity index is 2.10. The van der Waals surface area contributed by atoms with E-state index >= 15 is 0 Å². The van der Waals surface area contributed by atoms with Gasteiger partial charge in [0.25, 0.3) is 0 Å². The van der Waals surface area contributed by atoms with Crippen LogP contribution in [0.3, 0.4) is 0 Å². The second-order valence-corrected chi connectivity index (χ2v) is 7.92. The van der Waals surface area contributed by atoms with E-state index in [1.807, 2.05) is 34.6 Å². The van der Waals surface area contributed by atoms with Gasteiger partial charge in [-0.05, 0) is 46.0 Å². The van der Waals surface area contributed by atoms with Crippen LogP contribution in [0.15, 0.2) is 0 Å². The highest BCUT2D eigenvalue weighted by Gasteiger charge is 2.66. The summed E-state index contributed by atoms with van der Waals surface area (Å²) in [5, 5.41) is 4.64. The van der Waals surface area contributed by atoms with E-state index in [9.17, 15) is 9.59 Å². The summed E-state index contributed by atoms with van der Waals surface area (Å²) >= 11 is 0. The Kier molecular flexibility index (Phi) is 5.44. The zero-order valence-electron chi connectivity index (χ0n) is 15.5. The summed E-state index contributed by atoms with van der Waals surface area (Å²) in [7, 11) is 1.38. The lowest BCUT2D eigenvalue weighted by atomic mass is 9.87. The number of carbonyl (C=O) groups is 2. The first-order valence-corrected chi connectivity index (χ1v) is 8.66. The van der Waals surface area contributed by atoms with Gasteiger partial charge in [0.05, 0.1) is 13.2 Å². The Morgan fingerprint density at radius 1 is 1.29 bits per heavy atom. The molecule has 0 radical (unpaired) electrons. The number of nitrogens with zero attached hydrogens (tertiary/aromatic N) is 1. The summed E-state index contributed by atoms with van der Waals surface area (Å²) in [5.74, 6) is -0.274. The van der Waals surface area contributed by atoms with Gasteiger partial charge in [-0.25, -0.2) is 4.79 Å². The SMILES string of the molecule is COC(=O)[C@H](C(C)C)N1O[C@]12CCCC[C@@H]2NC(=O)OC(C)(C)C. The average molecular weight is 342 g/mol. The van der Waals surface area contributed by atoms with E-state index in [1.54, 1.807) is 5.06 Å². The Labute approximate surface area is 143 Å². The van der Waals surface area contributed by atoms with Crippen molar-refractivity contribution >= 4 is 12.1 Å². The van der Waals surface area contributed by atoms with Crippen molar-refractivity contribution in [2.75, 3.05) is 7.11 Å². The molecule has 0 bridgehead atoms. The predicted octanol–water partition coefficient (Wildman–Crippen LogP) is 2.59. The van der Waals surface area contributed by atoms with E-state index in [0.717, 1.165) is 25.7 Å². The topological polar surface area (TPSA) is 80.2 Å². The Hall–Kier alpha value is -1.34. The Morgan fingerprint density at radius 2 is 1.96 bits per heavy atom. The fourth-order valence-electron chi connectivity index (χ4n) is 3.34. The standard InChI is InChI=1S/C17H30N2O5/c1-11(2)13(14(20)22-6)19-17(24-19)10-8-7-9-12(17)18-15(21)23-16(3,4)5/h11-13H,7-10H2,1-6H3,(H,18,21)/t12-,13-,17-,19?/m0/s1. The van der Waals surface area contributed by atoms with Crippen molar-refractivity contribution in [3.8, 4) is 0 Å². The van der Waals surface area contributed by atoms with Crippen LogP contribution in [0.5, 0.6) is 0 Å². The number of hydrogen-bond acceptors (Lipinski definition) is 6. The molecular formula is C17H30N2O5. The molecule has 1 saturated carbocycles. The van der Waals surface area contributed by atoms with Gasteiger partial charge >= 0.3 is 12.1 Å². The van der Waals surface area contributed by atoms with Crippen LogP contribution in [0.2, 0.25) is 0 Å². The molecule has 1 spiro atoms. The van der Waals surface area contributed by atoms with E-state index in [4.69, 9.17) is 14.3 Å². The number of alkyl carbamates (subject to hydrolysis) is 1. The van der Waals surface area contributed by atoms with Crippen LogP contribution in [0, 0.1) is 5.92 Å². The lowest BCUT2D eigenvalue weighted by Gasteiger charge is -2.31. The van der Waals surface area contributed by atoms with Gasteiger partial charge in [-0.3, -0.25) is 9.63 Å². The second kappa shape index (κ2) is 6.88. The number of esters is 1. The lowest BCUT2D eigenvalue weighted by Crippen LogP contribution is -2.53. The van der Waals surface area contributed by atoms with Gasteiger partial charge in [-0.1, -0.05) is 20.3 Å². The predicted molar refractivity (Wildman–Crippen MR) is 87.9 cm³/mol. The molecule has 24 heavy (non-hydrogen) atoms. The molecule has 2 rings (SSSR count). The van der Waals surface area contributed by atoms with Crippen molar-refractivity contribution in [1.82, 2.24) is 10.4 Å². The molecule has 138 valence electrons. The third-order valence-electron chi connectivity index (χ3n) is 4.44. The first-order valence-electron chi connectivity index (χ1n) is 8.66. The largest absolute Gasteiger partial charge is 0.468 e. The minimum Gasteiger partial charge on any atom is -0.468 e. The minimum atomic E-state index is -0.627. The lowest BCUT2D eigenvalue weighted by molar-refractivity contribution is -0.149. The molecular weight excluding hydrogens is 312 g/mol. The minimum absolute atomic E-state index is 0.0425. The van der Waals surface area contributed by atoms with Crippen LogP contribution in [-0.2, 0) is 19.1 Å². The first kappa shape index (κ1) is 19.0. The zero-order valence-corrected chi connectivity index (χ0v) is 15.5. The molecule has 2 aliphatic rings. The van der Waals surface area contributed by atoms with Gasteiger partial charge in [0, 0.05) is 0 Å². The highest BCUT2D eigenvalue weighted by molar-refractivity contribution is 5.76. The molecule has 2 fully saturated rings. The third-order valence-corrected chi connectivity index (χ3v) is 4.44. The van der Waals surface area contributed by atoms with Crippen molar-refractivity contribution in [3.63, 3.8) is 0 Å². The van der Waals surface area contributed by atoms with Crippen LogP contribution in [0.25, 0.3) is 0 Å². The number of methoxy groups -OCH3 is 1. The number of ether oxygens (including phenoxy) is 2. The summed E-state index contributed by atoms with van der Waals surface area (Å²) in [6.07, 6.45) is 3.11. The molecule has 0 aromatic heterocycles. The summed E-state index contributed by atoms with van der Waals surface area (Å²) in [6.45, 7) is 9.39. The molecule has 1 N–H and O–H groups in total. The molecule has 7 nitrogen and oxygen atoms in total. The number of nitrogens with one attached hydrogen (secondary N) is 1. The van der Waals surface area contributed by atoms with Crippen molar-refractivity contribution in [1.29, 1.82) is 0 Å². The average Bonchev–Trinajstić information content (AvgIpc) is 3.13. The number of carbonyl (C=O) groups excluding carboxylic acids is 2. The first-order chi connectivity index (χ1) is 11.1. The quantitative estimate of drug-likeness (QED) is 0.625. The van der Waals surface area contributed by atoms with Crippen molar-refractivity contribution in [2.45, 2.75) is 83.7 Å². The monoisotopic (exact) mass is 342 g/mol. The Bertz CT molecular complexity index is 488. The second-order valence-electron chi connectivity index (χ2n) is 7.92. The van der Waals surface area contributed by atoms with E-state index < -0.39 is 23.5 Å². The summed E-state index contributed by atoms with van der Waals surface area (Å²) in [4.78, 5) is 30.2. The van der Waals surface area contributed by atoms with Crippen molar-refractivity contribution in [3.05, 3.63) is 0 Å². The van der Waals surface area contributed by atoms with Crippen LogP contribution < -0.4 is 5.32 Å². The molecule has 0 aromatic rings. The molecule has 1 aliphatic heterocycles. The molecule has 7 heteroatoms. The molecule has 1 aliphatic carbocycles. The molecule has 4 atom stereocenters. The van der Waals surface area contributed by atoms with Gasteiger partial charge < -0.3 is 14.8 Å². The smallest absolute Gasteiger partial charge is 0.408 e. The summed E-state index contributed by atoms with van der Waals surface area (Å²) < 4.78 is 10.3. The maximum atomic E-state index is 12.1. The van der Waals surface area contributed by atoms with E-state index in [-0.39, 0.29) is 17.9 Å². The van der Waals surface area contributed by atoms with Crippen LogP contribution in [-0.4, -0.2) is 47.6 Å². The highest BCUT2D eigenvalue weighted by atomic mass is 16.9. The van der Waals surface area contributed by atoms with Crippen LogP contribution >= 0.6 is 0 Å². The van der Waals surface area contributed by atoms with E-state index in [0.29, 0.717) is 0 Å². The summed E-state index contributed by atoms with van der Waals surface area (Å²) in [5.41, 5.74) is -1.18. The highest BCUT2D eigenvalue weighted by Crippen LogP contribution is 2.49. The normalized spacial score (nSPS) is 30.8. The number of rotatable bonds is 4. The van der Waals surface area contributed by atoms with Gasteiger partial charge in [0.15, 0.2) is 5.72 Å². The van der Waals surface area contributed by atoms with Crippen LogP contribution in [0.4, 0.5) is 4.79 Å². The molecule has 1 heterocycles.